The number of pyridine rings is 1. The zero-order chi connectivity index (χ0) is 38.3. The molecule has 0 radical (unpaired) electrons. The van der Waals surface area contributed by atoms with Crippen molar-refractivity contribution in [3.63, 3.8) is 0 Å². The number of allylic oxidation sites excluding steroid dienone is 1. The Morgan fingerprint density at radius 3 is 2.62 bits per heavy atom. The van der Waals surface area contributed by atoms with Gasteiger partial charge >= 0.3 is 6.09 Å². The van der Waals surface area contributed by atoms with Crippen molar-refractivity contribution in [2.45, 2.75) is 108 Å². The predicted molar refractivity (Wildman–Crippen MR) is 197 cm³/mol. The Morgan fingerprint density at radius 1 is 1.17 bits per heavy atom. The van der Waals surface area contributed by atoms with Crippen molar-refractivity contribution in [2.24, 2.45) is 17.8 Å². The number of ether oxygens (including phenoxy) is 2. The van der Waals surface area contributed by atoms with Crippen LogP contribution in [0.15, 0.2) is 36.4 Å². The Kier molecular flexibility index (Phi) is 10.9. The first-order valence-corrected chi connectivity index (χ1v) is 20.2. The topological polar surface area (TPSA) is 193 Å². The van der Waals surface area contributed by atoms with Crippen molar-refractivity contribution in [1.29, 1.82) is 0 Å². The number of hydrogen-bond acceptors (Lipinski definition) is 9. The predicted octanol–water partition coefficient (Wildman–Crippen LogP) is 4.55. The number of amides is 4. The summed E-state index contributed by atoms with van der Waals surface area (Å²) in [5, 5.41) is 16.7. The number of hydrogen-bond donors (Lipinski definition) is 4. The van der Waals surface area contributed by atoms with Crippen LogP contribution in [0.3, 0.4) is 0 Å². The molecular formula is C37H48ClN5O9S. The van der Waals surface area contributed by atoms with E-state index < -0.39 is 74.1 Å². The molecule has 288 valence electrons. The molecule has 3 heterocycles. The highest BCUT2D eigenvalue weighted by Gasteiger charge is 2.63. The highest BCUT2D eigenvalue weighted by Crippen LogP contribution is 2.47. The number of benzene rings is 1. The van der Waals surface area contributed by atoms with Gasteiger partial charge in [0.25, 0.3) is 5.91 Å². The Bertz CT molecular complexity index is 1920. The molecule has 2 aliphatic heterocycles. The zero-order valence-corrected chi connectivity index (χ0v) is 32.0. The second kappa shape index (κ2) is 15.0. The average Bonchev–Trinajstić information content (AvgIpc) is 3.98. The monoisotopic (exact) mass is 773 g/mol. The summed E-state index contributed by atoms with van der Waals surface area (Å²) in [4.78, 5) is 60.6. The number of carbonyl (C=O) groups is 4. The minimum Gasteiger partial charge on any atom is -0.478 e. The maximum atomic E-state index is 14.4. The molecule has 7 atom stereocenters. The molecule has 0 unspecified atom stereocenters. The Balaban J connectivity index is 1.35. The van der Waals surface area contributed by atoms with E-state index in [1.165, 1.54) is 4.90 Å². The van der Waals surface area contributed by atoms with Crippen LogP contribution in [0.5, 0.6) is 11.8 Å². The summed E-state index contributed by atoms with van der Waals surface area (Å²) in [6, 6.07) is 4.61. The van der Waals surface area contributed by atoms with Crippen LogP contribution >= 0.6 is 11.6 Å². The lowest BCUT2D eigenvalue weighted by Gasteiger charge is -2.32. The number of rotatable bonds is 9. The van der Waals surface area contributed by atoms with Crippen molar-refractivity contribution in [3.05, 3.63) is 41.4 Å². The van der Waals surface area contributed by atoms with Crippen LogP contribution in [0.4, 0.5) is 4.79 Å². The van der Waals surface area contributed by atoms with E-state index in [-0.39, 0.29) is 37.1 Å². The summed E-state index contributed by atoms with van der Waals surface area (Å²) < 4.78 is 39.7. The number of nitrogens with one attached hydrogen (secondary N) is 3. The van der Waals surface area contributed by atoms with Crippen LogP contribution in [0, 0.1) is 17.8 Å². The van der Waals surface area contributed by atoms with Gasteiger partial charge in [-0.15, -0.1) is 0 Å². The van der Waals surface area contributed by atoms with Gasteiger partial charge in [0.15, 0.2) is 0 Å². The van der Waals surface area contributed by atoms with Crippen molar-refractivity contribution in [3.8, 4) is 11.8 Å². The highest BCUT2D eigenvalue weighted by molar-refractivity contribution is 7.91. The first-order chi connectivity index (χ1) is 25.1. The van der Waals surface area contributed by atoms with Gasteiger partial charge in [-0.1, -0.05) is 50.6 Å². The molecule has 2 aliphatic carbocycles. The first kappa shape index (κ1) is 38.6. The number of nitrogens with zero attached hydrogens (tertiary/aromatic N) is 2. The quantitative estimate of drug-likeness (QED) is 0.263. The Hall–Kier alpha value is -4.11. The molecule has 4 amide bonds. The molecule has 16 heteroatoms. The third-order valence-corrected chi connectivity index (χ3v) is 13.5. The summed E-state index contributed by atoms with van der Waals surface area (Å²) in [6.07, 6.45) is 5.22. The van der Waals surface area contributed by atoms with E-state index in [0.717, 1.165) is 12.8 Å². The van der Waals surface area contributed by atoms with Crippen LogP contribution in [0.1, 0.15) is 79.1 Å². The van der Waals surface area contributed by atoms with E-state index in [4.69, 9.17) is 21.1 Å². The normalized spacial score (nSPS) is 29.9. The van der Waals surface area contributed by atoms with E-state index in [0.29, 0.717) is 48.1 Å². The molecule has 0 bridgehead atoms. The number of halogens is 1. The molecule has 53 heavy (non-hydrogen) atoms. The van der Waals surface area contributed by atoms with Crippen LogP contribution < -0.4 is 24.8 Å². The van der Waals surface area contributed by atoms with Crippen LogP contribution in [-0.4, -0.2) is 88.8 Å². The lowest BCUT2D eigenvalue weighted by atomic mass is 9.88. The SMILES string of the molecule is CCCOc1cc2c(Cl)cccc2c(O[C@@H]2C[C@H]3C(=O)N[C@]4(C(=O)NS(=O)(=O)C5(C)CC5)C[C@H]4C=CCC[C@H](C)C[C@@H](C)[C@H](NC(=O)O)C(=O)N3C2)n1. The van der Waals surface area contributed by atoms with E-state index in [2.05, 4.69) is 20.3 Å². The lowest BCUT2D eigenvalue weighted by molar-refractivity contribution is -0.142. The van der Waals surface area contributed by atoms with Crippen LogP contribution in [-0.2, 0) is 24.4 Å². The standard InChI is InChI=1S/C37H48ClN5O9S/c1-5-15-51-29-18-26-25(11-8-12-27(26)38)32(39-29)52-24-17-28-31(44)41-37(34(46)42-53(49,50)36(4)13-14-36)19-23(37)10-7-6-9-21(2)16-22(3)30(40-35(47)48)33(45)43(28)20-24/h7-8,10-12,18,21-24,28,30,40H,5-6,9,13-17,19-20H2,1-4H3,(H,41,44)(H,42,46)(H,47,48)/t21-,22+,23+,24+,28-,30-,37+/m0/s1. The van der Waals surface area contributed by atoms with Gasteiger partial charge in [0.2, 0.25) is 33.6 Å². The molecule has 6 rings (SSSR count). The molecule has 1 aromatic heterocycles. The van der Waals surface area contributed by atoms with Crippen LogP contribution in [0.25, 0.3) is 10.8 Å². The number of fused-ring (bicyclic) bond motifs is 3. The fourth-order valence-electron chi connectivity index (χ4n) is 7.44. The lowest BCUT2D eigenvalue weighted by Crippen LogP contribution is -2.59. The summed E-state index contributed by atoms with van der Waals surface area (Å²) in [6.45, 7) is 7.66. The molecular weight excluding hydrogens is 726 g/mol. The van der Waals surface area contributed by atoms with E-state index in [9.17, 15) is 32.7 Å². The van der Waals surface area contributed by atoms with Gasteiger partial charge in [-0.25, -0.2) is 13.2 Å². The molecule has 1 aromatic carbocycles. The van der Waals surface area contributed by atoms with Crippen molar-refractivity contribution < 1.29 is 42.2 Å². The van der Waals surface area contributed by atoms with Gasteiger partial charge in [-0.2, -0.15) is 4.98 Å². The van der Waals surface area contributed by atoms with E-state index in [1.807, 2.05) is 26.0 Å². The summed E-state index contributed by atoms with van der Waals surface area (Å²) in [5.41, 5.74) is -1.56. The molecule has 2 aromatic rings. The summed E-state index contributed by atoms with van der Waals surface area (Å²) in [5.74, 6) is -2.44. The van der Waals surface area contributed by atoms with Crippen molar-refractivity contribution >= 4 is 56.2 Å². The average molecular weight is 774 g/mol. The highest BCUT2D eigenvalue weighted by atomic mass is 35.5. The zero-order valence-electron chi connectivity index (χ0n) is 30.4. The molecule has 4 aliphatic rings. The van der Waals surface area contributed by atoms with Gasteiger partial charge in [0.1, 0.15) is 23.7 Å². The minimum absolute atomic E-state index is 0.0273. The van der Waals surface area contributed by atoms with Gasteiger partial charge in [-0.05, 0) is 75.8 Å². The Morgan fingerprint density at radius 2 is 1.92 bits per heavy atom. The second-order valence-corrected chi connectivity index (χ2v) is 17.9. The van der Waals surface area contributed by atoms with E-state index in [1.54, 1.807) is 38.1 Å². The third-order valence-electron chi connectivity index (χ3n) is 11.0. The molecule has 14 nitrogen and oxygen atoms in total. The molecule has 2 saturated carbocycles. The molecule has 3 fully saturated rings. The maximum absolute atomic E-state index is 14.4. The van der Waals surface area contributed by atoms with Crippen molar-refractivity contribution in [2.75, 3.05) is 13.2 Å². The first-order valence-electron chi connectivity index (χ1n) is 18.3. The largest absolute Gasteiger partial charge is 0.478 e. The molecule has 0 spiro atoms. The maximum Gasteiger partial charge on any atom is 0.405 e. The summed E-state index contributed by atoms with van der Waals surface area (Å²) >= 11 is 6.55. The smallest absolute Gasteiger partial charge is 0.405 e. The second-order valence-electron chi connectivity index (χ2n) is 15.3. The third kappa shape index (κ3) is 8.06. The Labute approximate surface area is 314 Å². The minimum atomic E-state index is -4.01. The molecule has 4 N–H and O–H groups in total. The van der Waals surface area contributed by atoms with Crippen LogP contribution in [0.2, 0.25) is 5.02 Å². The summed E-state index contributed by atoms with van der Waals surface area (Å²) in [7, 11) is -4.01. The fraction of sp³-hybridized carbons (Fsp3) is 0.595. The van der Waals surface area contributed by atoms with E-state index >= 15 is 0 Å². The number of carbonyl (C=O) groups excluding carboxylic acids is 3. The van der Waals surface area contributed by atoms with Gasteiger partial charge in [-0.3, -0.25) is 19.1 Å². The van der Waals surface area contributed by atoms with Gasteiger partial charge < -0.3 is 30.1 Å². The van der Waals surface area contributed by atoms with Gasteiger partial charge in [0.05, 0.1) is 17.9 Å². The fourth-order valence-corrected chi connectivity index (χ4v) is 8.99. The van der Waals surface area contributed by atoms with Gasteiger partial charge in [0, 0.05) is 34.2 Å². The van der Waals surface area contributed by atoms with Crippen molar-refractivity contribution in [1.82, 2.24) is 25.2 Å². The number of carboxylic acid groups (broad SMARTS) is 1. The molecule has 1 saturated heterocycles. The number of sulfonamides is 1. The number of aromatic nitrogens is 1.